The minimum atomic E-state index is -0.665. The van der Waals surface area contributed by atoms with Crippen LogP contribution in [-0.2, 0) is 0 Å². The van der Waals surface area contributed by atoms with Crippen LogP contribution < -0.4 is 5.32 Å². The maximum Gasteiger partial charge on any atom is 0.288 e. The van der Waals surface area contributed by atoms with E-state index in [1.807, 2.05) is 0 Å². The Hall–Kier alpha value is -1.33. The predicted octanol–water partition coefficient (Wildman–Crippen LogP) is 2.65. The van der Waals surface area contributed by atoms with Crippen molar-refractivity contribution in [1.29, 1.82) is 0 Å². The molecule has 1 N–H and O–H groups in total. The SMILES string of the molecule is CCNC(=O)c1cc([N+](=O)[O-])c(Cl)cc1Cl. The predicted molar refractivity (Wildman–Crippen MR) is 61.1 cm³/mol. The van der Waals surface area contributed by atoms with E-state index in [4.69, 9.17) is 23.2 Å². The van der Waals surface area contributed by atoms with Gasteiger partial charge in [0.25, 0.3) is 11.6 Å². The number of carbonyl (C=O) groups excluding carboxylic acids is 1. The van der Waals surface area contributed by atoms with Gasteiger partial charge in [-0.05, 0) is 13.0 Å². The van der Waals surface area contributed by atoms with Crippen molar-refractivity contribution in [2.75, 3.05) is 6.54 Å². The summed E-state index contributed by atoms with van der Waals surface area (Å²) in [5, 5.41) is 13.1. The number of carbonyl (C=O) groups is 1. The van der Waals surface area contributed by atoms with Gasteiger partial charge < -0.3 is 5.32 Å². The van der Waals surface area contributed by atoms with Gasteiger partial charge in [-0.1, -0.05) is 23.2 Å². The van der Waals surface area contributed by atoms with Crippen LogP contribution >= 0.6 is 23.2 Å². The molecule has 0 aliphatic rings. The lowest BCUT2D eigenvalue weighted by Gasteiger charge is -2.05. The van der Waals surface area contributed by atoms with Gasteiger partial charge in [-0.15, -0.1) is 0 Å². The minimum absolute atomic E-state index is 0.0413. The first-order valence-electron chi connectivity index (χ1n) is 4.39. The smallest absolute Gasteiger partial charge is 0.288 e. The molecule has 0 aliphatic carbocycles. The van der Waals surface area contributed by atoms with Gasteiger partial charge in [-0.25, -0.2) is 0 Å². The first kappa shape index (κ1) is 12.7. The molecule has 7 heteroatoms. The zero-order valence-electron chi connectivity index (χ0n) is 8.29. The standard InChI is InChI=1S/C9H8Cl2N2O3/c1-2-12-9(14)5-3-8(13(15)16)7(11)4-6(5)10/h3-4H,2H2,1H3,(H,12,14). The second-order valence-corrected chi connectivity index (χ2v) is 3.71. The normalized spacial score (nSPS) is 9.94. The van der Waals surface area contributed by atoms with Gasteiger partial charge in [-0.3, -0.25) is 14.9 Å². The number of hydrogen-bond donors (Lipinski definition) is 1. The summed E-state index contributed by atoms with van der Waals surface area (Å²) in [6.07, 6.45) is 0. The van der Waals surface area contributed by atoms with E-state index in [0.717, 1.165) is 6.07 Å². The van der Waals surface area contributed by atoms with E-state index in [0.29, 0.717) is 6.54 Å². The molecule has 1 aromatic rings. The summed E-state index contributed by atoms with van der Waals surface area (Å²) in [6.45, 7) is 2.14. The van der Waals surface area contributed by atoms with Crippen molar-refractivity contribution in [1.82, 2.24) is 5.32 Å². The van der Waals surface area contributed by atoms with Gasteiger partial charge in [0.05, 0.1) is 15.5 Å². The third-order valence-electron chi connectivity index (χ3n) is 1.82. The summed E-state index contributed by atoms with van der Waals surface area (Å²) >= 11 is 11.4. The molecule has 0 radical (unpaired) electrons. The van der Waals surface area contributed by atoms with Gasteiger partial charge in [0.2, 0.25) is 0 Å². The van der Waals surface area contributed by atoms with Crippen LogP contribution in [0.15, 0.2) is 12.1 Å². The number of benzene rings is 1. The van der Waals surface area contributed by atoms with Crippen molar-refractivity contribution in [2.24, 2.45) is 0 Å². The Morgan fingerprint density at radius 2 is 2.06 bits per heavy atom. The molecule has 0 heterocycles. The average molecular weight is 263 g/mol. The van der Waals surface area contributed by atoms with Gasteiger partial charge >= 0.3 is 0 Å². The number of nitrogens with zero attached hydrogens (tertiary/aromatic N) is 1. The Kier molecular flexibility index (Phi) is 4.09. The summed E-state index contributed by atoms with van der Waals surface area (Å²) in [5.41, 5.74) is -0.299. The molecule has 0 atom stereocenters. The third-order valence-corrected chi connectivity index (χ3v) is 2.43. The Morgan fingerprint density at radius 1 is 1.44 bits per heavy atom. The zero-order chi connectivity index (χ0) is 12.3. The number of hydrogen-bond acceptors (Lipinski definition) is 3. The van der Waals surface area contributed by atoms with Crippen molar-refractivity contribution < 1.29 is 9.72 Å². The number of halogens is 2. The lowest BCUT2D eigenvalue weighted by Crippen LogP contribution is -2.23. The molecule has 16 heavy (non-hydrogen) atoms. The largest absolute Gasteiger partial charge is 0.352 e. The van der Waals surface area contributed by atoms with E-state index in [2.05, 4.69) is 5.32 Å². The molecule has 5 nitrogen and oxygen atoms in total. The molecule has 0 unspecified atom stereocenters. The molecule has 1 aromatic carbocycles. The Balaban J connectivity index is 3.24. The summed E-state index contributed by atoms with van der Waals surface area (Å²) < 4.78 is 0. The minimum Gasteiger partial charge on any atom is -0.352 e. The van der Waals surface area contributed by atoms with Crippen LogP contribution in [0.1, 0.15) is 17.3 Å². The molecular weight excluding hydrogens is 255 g/mol. The number of nitro benzene ring substituents is 1. The Morgan fingerprint density at radius 3 is 2.56 bits per heavy atom. The second-order valence-electron chi connectivity index (χ2n) is 2.90. The number of amides is 1. The number of nitro groups is 1. The van der Waals surface area contributed by atoms with Crippen LogP contribution in [0.5, 0.6) is 0 Å². The highest BCUT2D eigenvalue weighted by molar-refractivity contribution is 6.37. The molecule has 0 aromatic heterocycles. The fourth-order valence-corrected chi connectivity index (χ4v) is 1.65. The van der Waals surface area contributed by atoms with Crippen LogP contribution in [0.2, 0.25) is 10.0 Å². The summed E-state index contributed by atoms with van der Waals surface area (Å²) in [4.78, 5) is 21.4. The highest BCUT2D eigenvalue weighted by atomic mass is 35.5. The van der Waals surface area contributed by atoms with Crippen molar-refractivity contribution in [3.8, 4) is 0 Å². The summed E-state index contributed by atoms with van der Waals surface area (Å²) in [6, 6.07) is 2.25. The topological polar surface area (TPSA) is 72.2 Å². The Labute approximate surface area is 101 Å². The summed E-state index contributed by atoms with van der Waals surface area (Å²) in [7, 11) is 0. The van der Waals surface area contributed by atoms with Crippen LogP contribution in [0.4, 0.5) is 5.69 Å². The molecule has 0 aliphatic heterocycles. The van der Waals surface area contributed by atoms with Crippen molar-refractivity contribution >= 4 is 34.8 Å². The second kappa shape index (κ2) is 5.14. The number of rotatable bonds is 3. The molecule has 1 amide bonds. The van der Waals surface area contributed by atoms with Gasteiger partial charge in [0.15, 0.2) is 0 Å². The lowest BCUT2D eigenvalue weighted by molar-refractivity contribution is -0.384. The van der Waals surface area contributed by atoms with Crippen molar-refractivity contribution in [2.45, 2.75) is 6.92 Å². The zero-order valence-corrected chi connectivity index (χ0v) is 9.80. The highest BCUT2D eigenvalue weighted by Crippen LogP contribution is 2.30. The van der Waals surface area contributed by atoms with Crippen LogP contribution in [0, 0.1) is 10.1 Å². The van der Waals surface area contributed by atoms with Gasteiger partial charge in [0, 0.05) is 12.6 Å². The van der Waals surface area contributed by atoms with Crippen LogP contribution in [0.25, 0.3) is 0 Å². The Bertz CT molecular complexity index is 449. The maximum atomic E-state index is 11.5. The van der Waals surface area contributed by atoms with E-state index < -0.39 is 10.8 Å². The van der Waals surface area contributed by atoms with Crippen molar-refractivity contribution in [3.63, 3.8) is 0 Å². The van der Waals surface area contributed by atoms with E-state index in [1.54, 1.807) is 6.92 Å². The molecule has 0 fully saturated rings. The molecule has 0 spiro atoms. The quantitative estimate of drug-likeness (QED) is 0.673. The first-order chi connectivity index (χ1) is 7.47. The van der Waals surface area contributed by atoms with Gasteiger partial charge in [-0.2, -0.15) is 0 Å². The van der Waals surface area contributed by atoms with E-state index in [-0.39, 0.29) is 21.3 Å². The third kappa shape index (κ3) is 2.62. The molecule has 0 saturated carbocycles. The number of nitrogens with one attached hydrogen (secondary N) is 1. The molecular formula is C9H8Cl2N2O3. The van der Waals surface area contributed by atoms with E-state index in [1.165, 1.54) is 6.07 Å². The summed E-state index contributed by atoms with van der Waals surface area (Å²) in [5.74, 6) is -0.465. The van der Waals surface area contributed by atoms with Crippen LogP contribution in [-0.4, -0.2) is 17.4 Å². The van der Waals surface area contributed by atoms with E-state index >= 15 is 0 Å². The highest BCUT2D eigenvalue weighted by Gasteiger charge is 2.19. The van der Waals surface area contributed by atoms with E-state index in [9.17, 15) is 14.9 Å². The lowest BCUT2D eigenvalue weighted by atomic mass is 10.2. The van der Waals surface area contributed by atoms with Crippen molar-refractivity contribution in [3.05, 3.63) is 37.9 Å². The fourth-order valence-electron chi connectivity index (χ4n) is 1.11. The van der Waals surface area contributed by atoms with Gasteiger partial charge in [0.1, 0.15) is 5.02 Å². The molecule has 1 rings (SSSR count). The fraction of sp³-hybridized carbons (Fsp3) is 0.222. The maximum absolute atomic E-state index is 11.5. The molecule has 0 bridgehead atoms. The monoisotopic (exact) mass is 262 g/mol. The molecule has 86 valence electrons. The van der Waals surface area contributed by atoms with Crippen LogP contribution in [0.3, 0.4) is 0 Å². The first-order valence-corrected chi connectivity index (χ1v) is 5.14. The molecule has 0 saturated heterocycles. The average Bonchev–Trinajstić information content (AvgIpc) is 2.17.